The lowest BCUT2D eigenvalue weighted by Crippen LogP contribution is -2.40. The van der Waals surface area contributed by atoms with Gasteiger partial charge in [-0.2, -0.15) is 0 Å². The number of anilines is 1. The third kappa shape index (κ3) is 3.40. The molecule has 110 valence electrons. The molecule has 1 aromatic rings. The van der Waals surface area contributed by atoms with Crippen LogP contribution in [0.4, 0.5) is 5.69 Å². The van der Waals surface area contributed by atoms with E-state index in [1.807, 2.05) is 12.1 Å². The second kappa shape index (κ2) is 6.40. The fraction of sp³-hybridized carbons (Fsp3) is 0.588. The van der Waals surface area contributed by atoms with Gasteiger partial charge in [-0.15, -0.1) is 0 Å². The molecular weight excluding hydrogens is 248 g/mol. The van der Waals surface area contributed by atoms with E-state index in [1.54, 1.807) is 0 Å². The maximum atomic E-state index is 12.1. The molecule has 20 heavy (non-hydrogen) atoms. The zero-order valence-corrected chi connectivity index (χ0v) is 12.6. The Morgan fingerprint density at radius 3 is 2.45 bits per heavy atom. The van der Waals surface area contributed by atoms with Gasteiger partial charge in [0.15, 0.2) is 0 Å². The van der Waals surface area contributed by atoms with Crippen LogP contribution >= 0.6 is 0 Å². The molecule has 1 unspecified atom stereocenters. The molecule has 0 bridgehead atoms. The molecule has 0 saturated heterocycles. The second-order valence-corrected chi connectivity index (χ2v) is 6.21. The molecular formula is C17H26N2O. The summed E-state index contributed by atoms with van der Waals surface area (Å²) < 4.78 is 0. The van der Waals surface area contributed by atoms with Crippen molar-refractivity contribution >= 4 is 11.6 Å². The molecule has 0 spiro atoms. The summed E-state index contributed by atoms with van der Waals surface area (Å²) in [5, 5.41) is 2.99. The van der Waals surface area contributed by atoms with Gasteiger partial charge in [0, 0.05) is 12.1 Å². The summed E-state index contributed by atoms with van der Waals surface area (Å²) >= 11 is 0. The lowest BCUT2D eigenvalue weighted by atomic mass is 9.66. The van der Waals surface area contributed by atoms with Crippen LogP contribution in [0.2, 0.25) is 0 Å². The Morgan fingerprint density at radius 2 is 2.00 bits per heavy atom. The zero-order chi connectivity index (χ0) is 14.6. The van der Waals surface area contributed by atoms with E-state index in [2.05, 4.69) is 31.3 Å². The van der Waals surface area contributed by atoms with Gasteiger partial charge in [-0.05, 0) is 54.8 Å². The van der Waals surface area contributed by atoms with E-state index < -0.39 is 0 Å². The minimum atomic E-state index is 0.0702. The first-order chi connectivity index (χ1) is 9.58. The third-order valence-electron chi connectivity index (χ3n) is 4.76. The van der Waals surface area contributed by atoms with Crippen LogP contribution in [-0.2, 0) is 4.79 Å². The number of carbonyl (C=O) groups excluding carboxylic acids is 1. The fourth-order valence-corrected chi connectivity index (χ4v) is 2.81. The van der Waals surface area contributed by atoms with E-state index in [0.717, 1.165) is 24.9 Å². The minimum Gasteiger partial charge on any atom is -0.330 e. The topological polar surface area (TPSA) is 55.1 Å². The number of benzene rings is 1. The molecule has 0 radical (unpaired) electrons. The number of nitrogens with one attached hydrogen (secondary N) is 1. The quantitative estimate of drug-likeness (QED) is 0.831. The lowest BCUT2D eigenvalue weighted by Gasteiger charge is -2.40. The highest BCUT2D eigenvalue weighted by molar-refractivity contribution is 5.91. The van der Waals surface area contributed by atoms with Crippen molar-refractivity contribution in [2.45, 2.75) is 51.9 Å². The van der Waals surface area contributed by atoms with Crippen molar-refractivity contribution in [2.75, 3.05) is 11.9 Å². The predicted molar refractivity (Wildman–Crippen MR) is 83.7 cm³/mol. The Balaban J connectivity index is 1.91. The van der Waals surface area contributed by atoms with E-state index >= 15 is 0 Å². The van der Waals surface area contributed by atoms with Crippen molar-refractivity contribution in [1.29, 1.82) is 0 Å². The van der Waals surface area contributed by atoms with Crippen LogP contribution in [-0.4, -0.2) is 12.5 Å². The molecule has 1 atom stereocenters. The van der Waals surface area contributed by atoms with E-state index in [1.165, 1.54) is 12.0 Å². The molecule has 1 amide bonds. The standard InChI is InChI=1S/C17H26N2O/c1-3-13(2)14-5-7-15(8-6-14)19-16(20)11-17(12-18)9-4-10-17/h5-8,13H,3-4,9-12,18H2,1-2H3,(H,19,20). The number of hydrogen-bond acceptors (Lipinski definition) is 2. The highest BCUT2D eigenvalue weighted by Gasteiger charge is 2.37. The monoisotopic (exact) mass is 274 g/mol. The van der Waals surface area contributed by atoms with Gasteiger partial charge in [0.25, 0.3) is 0 Å². The van der Waals surface area contributed by atoms with Crippen molar-refractivity contribution < 1.29 is 4.79 Å². The van der Waals surface area contributed by atoms with Gasteiger partial charge in [0.1, 0.15) is 0 Å². The summed E-state index contributed by atoms with van der Waals surface area (Å²) in [4.78, 5) is 12.1. The van der Waals surface area contributed by atoms with Crippen LogP contribution in [0.3, 0.4) is 0 Å². The first kappa shape index (κ1) is 15.0. The average Bonchev–Trinajstić information content (AvgIpc) is 2.43. The molecule has 1 aliphatic carbocycles. The first-order valence-electron chi connectivity index (χ1n) is 7.68. The maximum absolute atomic E-state index is 12.1. The summed E-state index contributed by atoms with van der Waals surface area (Å²) in [6, 6.07) is 8.20. The van der Waals surface area contributed by atoms with Crippen molar-refractivity contribution in [3.05, 3.63) is 29.8 Å². The first-order valence-corrected chi connectivity index (χ1v) is 7.68. The number of nitrogens with two attached hydrogens (primary N) is 1. The van der Waals surface area contributed by atoms with E-state index in [0.29, 0.717) is 18.9 Å². The van der Waals surface area contributed by atoms with Crippen LogP contribution in [0, 0.1) is 5.41 Å². The van der Waals surface area contributed by atoms with Crippen molar-refractivity contribution in [2.24, 2.45) is 11.1 Å². The van der Waals surface area contributed by atoms with Crippen LogP contribution in [0.5, 0.6) is 0 Å². The lowest BCUT2D eigenvalue weighted by molar-refractivity contribution is -0.119. The van der Waals surface area contributed by atoms with Gasteiger partial charge in [-0.25, -0.2) is 0 Å². The predicted octanol–water partition coefficient (Wildman–Crippen LogP) is 3.66. The van der Waals surface area contributed by atoms with Crippen LogP contribution in [0.1, 0.15) is 57.4 Å². The summed E-state index contributed by atoms with van der Waals surface area (Å²) in [6.45, 7) is 5.02. The molecule has 0 heterocycles. The van der Waals surface area contributed by atoms with Crippen molar-refractivity contribution in [3.8, 4) is 0 Å². The summed E-state index contributed by atoms with van der Waals surface area (Å²) in [5.74, 6) is 0.654. The number of carbonyl (C=O) groups is 1. The molecule has 0 aromatic heterocycles. The molecule has 3 nitrogen and oxygen atoms in total. The largest absolute Gasteiger partial charge is 0.330 e. The molecule has 0 aliphatic heterocycles. The van der Waals surface area contributed by atoms with Gasteiger partial charge in [0.2, 0.25) is 5.91 Å². The number of hydrogen-bond donors (Lipinski definition) is 2. The number of amides is 1. The Bertz CT molecular complexity index is 443. The molecule has 1 fully saturated rings. The highest BCUT2D eigenvalue weighted by atomic mass is 16.1. The van der Waals surface area contributed by atoms with Crippen LogP contribution < -0.4 is 11.1 Å². The molecule has 1 aromatic carbocycles. The van der Waals surface area contributed by atoms with Gasteiger partial charge in [-0.3, -0.25) is 4.79 Å². The molecule has 1 saturated carbocycles. The highest BCUT2D eigenvalue weighted by Crippen LogP contribution is 2.43. The summed E-state index contributed by atoms with van der Waals surface area (Å²) in [5.41, 5.74) is 8.07. The molecule has 2 rings (SSSR count). The Kier molecular flexibility index (Phi) is 4.81. The Morgan fingerprint density at radius 1 is 1.35 bits per heavy atom. The van der Waals surface area contributed by atoms with Gasteiger partial charge in [-0.1, -0.05) is 32.4 Å². The van der Waals surface area contributed by atoms with Crippen LogP contribution in [0.15, 0.2) is 24.3 Å². The molecule has 3 heteroatoms. The summed E-state index contributed by atoms with van der Waals surface area (Å²) in [6.07, 6.45) is 5.06. The molecule has 3 N–H and O–H groups in total. The minimum absolute atomic E-state index is 0.0702. The zero-order valence-electron chi connectivity index (χ0n) is 12.6. The maximum Gasteiger partial charge on any atom is 0.224 e. The SMILES string of the molecule is CCC(C)c1ccc(NC(=O)CC2(CN)CCC2)cc1. The average molecular weight is 274 g/mol. The van der Waals surface area contributed by atoms with E-state index in [-0.39, 0.29) is 11.3 Å². The normalized spacial score (nSPS) is 18.1. The Labute approximate surface area is 121 Å². The Hall–Kier alpha value is -1.35. The van der Waals surface area contributed by atoms with Crippen molar-refractivity contribution in [1.82, 2.24) is 0 Å². The van der Waals surface area contributed by atoms with Gasteiger partial charge in [0.05, 0.1) is 0 Å². The third-order valence-corrected chi connectivity index (χ3v) is 4.76. The van der Waals surface area contributed by atoms with Gasteiger partial charge >= 0.3 is 0 Å². The smallest absolute Gasteiger partial charge is 0.224 e. The second-order valence-electron chi connectivity index (χ2n) is 6.21. The van der Waals surface area contributed by atoms with Gasteiger partial charge < -0.3 is 11.1 Å². The van der Waals surface area contributed by atoms with Crippen LogP contribution in [0.25, 0.3) is 0 Å². The molecule has 1 aliphatic rings. The van der Waals surface area contributed by atoms with E-state index in [9.17, 15) is 4.79 Å². The van der Waals surface area contributed by atoms with E-state index in [4.69, 9.17) is 5.73 Å². The summed E-state index contributed by atoms with van der Waals surface area (Å²) in [7, 11) is 0. The van der Waals surface area contributed by atoms with Crippen molar-refractivity contribution in [3.63, 3.8) is 0 Å². The fourth-order valence-electron chi connectivity index (χ4n) is 2.81. The number of rotatable bonds is 6.